The van der Waals surface area contributed by atoms with Crippen LogP contribution < -0.4 is 4.90 Å². The SMILES string of the molecule is CCCc1[nH]ncc1C(=O)N1CCOC(c2ccnc(N3CCCC3)n2)C1. The molecule has 0 radical (unpaired) electrons. The first-order chi connectivity index (χ1) is 13.3. The third-order valence-corrected chi connectivity index (χ3v) is 5.19. The Morgan fingerprint density at radius 2 is 2.19 bits per heavy atom. The monoisotopic (exact) mass is 370 g/mol. The molecule has 2 aliphatic heterocycles. The normalized spacial score (nSPS) is 20.3. The molecule has 0 aromatic carbocycles. The number of ether oxygens (including phenoxy) is 1. The van der Waals surface area contributed by atoms with Crippen LogP contribution in [0.15, 0.2) is 18.5 Å². The zero-order valence-corrected chi connectivity index (χ0v) is 15.7. The average Bonchev–Trinajstić information content (AvgIpc) is 3.40. The molecule has 8 heteroatoms. The number of morpholine rings is 1. The number of hydrogen-bond acceptors (Lipinski definition) is 6. The lowest BCUT2D eigenvalue weighted by molar-refractivity contribution is -0.0247. The third kappa shape index (κ3) is 3.80. The van der Waals surface area contributed by atoms with Crippen LogP contribution in [-0.4, -0.2) is 63.8 Å². The van der Waals surface area contributed by atoms with Gasteiger partial charge in [-0.15, -0.1) is 0 Å². The molecule has 2 aromatic heterocycles. The van der Waals surface area contributed by atoms with E-state index in [1.54, 1.807) is 12.4 Å². The largest absolute Gasteiger partial charge is 0.368 e. The van der Waals surface area contributed by atoms with Gasteiger partial charge in [0.2, 0.25) is 5.95 Å². The topological polar surface area (TPSA) is 87.2 Å². The molecule has 4 heterocycles. The van der Waals surface area contributed by atoms with Crippen LogP contribution in [0.2, 0.25) is 0 Å². The van der Waals surface area contributed by atoms with Gasteiger partial charge < -0.3 is 14.5 Å². The highest BCUT2D eigenvalue weighted by atomic mass is 16.5. The second kappa shape index (κ2) is 8.04. The maximum Gasteiger partial charge on any atom is 0.257 e. The number of hydrogen-bond donors (Lipinski definition) is 1. The minimum absolute atomic E-state index is 0.00863. The Hall–Kier alpha value is -2.48. The first-order valence-corrected chi connectivity index (χ1v) is 9.77. The standard InChI is InChI=1S/C19H26N6O2/c1-2-5-15-14(12-21-23-15)18(26)25-10-11-27-17(13-25)16-6-7-20-19(22-16)24-8-3-4-9-24/h6-7,12,17H,2-5,8-11,13H2,1H3,(H,21,23). The maximum absolute atomic E-state index is 13.0. The van der Waals surface area contributed by atoms with Gasteiger partial charge in [0.1, 0.15) is 6.10 Å². The van der Waals surface area contributed by atoms with Gasteiger partial charge in [-0.3, -0.25) is 9.89 Å². The number of carbonyl (C=O) groups is 1. The predicted octanol–water partition coefficient (Wildman–Crippen LogP) is 1.97. The summed E-state index contributed by atoms with van der Waals surface area (Å²) in [7, 11) is 0. The van der Waals surface area contributed by atoms with E-state index < -0.39 is 0 Å². The minimum atomic E-state index is -0.228. The number of H-pyrrole nitrogens is 1. The van der Waals surface area contributed by atoms with Crippen LogP contribution in [0.1, 0.15) is 54.0 Å². The van der Waals surface area contributed by atoms with Crippen LogP contribution in [0.3, 0.4) is 0 Å². The molecule has 4 rings (SSSR count). The summed E-state index contributed by atoms with van der Waals surface area (Å²) >= 11 is 0. The number of anilines is 1. The molecule has 1 unspecified atom stereocenters. The summed E-state index contributed by atoms with van der Waals surface area (Å²) in [5.41, 5.74) is 2.41. The van der Waals surface area contributed by atoms with E-state index >= 15 is 0 Å². The van der Waals surface area contributed by atoms with Crippen LogP contribution in [0.4, 0.5) is 5.95 Å². The van der Waals surface area contributed by atoms with E-state index in [4.69, 9.17) is 9.72 Å². The van der Waals surface area contributed by atoms with Crippen molar-refractivity contribution in [3.8, 4) is 0 Å². The summed E-state index contributed by atoms with van der Waals surface area (Å²) in [6.45, 7) is 5.66. The highest BCUT2D eigenvalue weighted by molar-refractivity contribution is 5.95. The number of amides is 1. The van der Waals surface area contributed by atoms with Crippen molar-refractivity contribution in [2.24, 2.45) is 0 Å². The number of aryl methyl sites for hydroxylation is 1. The smallest absolute Gasteiger partial charge is 0.257 e. The molecule has 0 spiro atoms. The Balaban J connectivity index is 1.49. The van der Waals surface area contributed by atoms with Gasteiger partial charge in [0.25, 0.3) is 5.91 Å². The fourth-order valence-electron chi connectivity index (χ4n) is 3.73. The number of nitrogens with one attached hydrogen (secondary N) is 1. The Labute approximate surface area is 158 Å². The Bertz CT molecular complexity index is 786. The van der Waals surface area contributed by atoms with Gasteiger partial charge in [0.05, 0.1) is 30.6 Å². The van der Waals surface area contributed by atoms with E-state index in [0.29, 0.717) is 25.3 Å². The summed E-state index contributed by atoms with van der Waals surface area (Å²) in [5, 5.41) is 7.01. The van der Waals surface area contributed by atoms with E-state index in [1.807, 2.05) is 11.0 Å². The molecule has 1 atom stereocenters. The van der Waals surface area contributed by atoms with Gasteiger partial charge in [-0.2, -0.15) is 5.10 Å². The summed E-state index contributed by atoms with van der Waals surface area (Å²) in [4.78, 5) is 26.2. The van der Waals surface area contributed by atoms with Crippen molar-refractivity contribution in [1.82, 2.24) is 25.1 Å². The molecule has 0 bridgehead atoms. The zero-order chi connectivity index (χ0) is 18.6. The van der Waals surface area contributed by atoms with Crippen LogP contribution in [0, 0.1) is 0 Å². The molecule has 0 saturated carbocycles. The summed E-state index contributed by atoms with van der Waals surface area (Å²) < 4.78 is 5.93. The maximum atomic E-state index is 13.0. The first kappa shape index (κ1) is 17.9. The lowest BCUT2D eigenvalue weighted by Crippen LogP contribution is -2.42. The molecule has 0 aliphatic carbocycles. The van der Waals surface area contributed by atoms with Crippen molar-refractivity contribution in [3.05, 3.63) is 35.4 Å². The molecule has 2 saturated heterocycles. The van der Waals surface area contributed by atoms with Crippen molar-refractivity contribution >= 4 is 11.9 Å². The average molecular weight is 370 g/mol. The van der Waals surface area contributed by atoms with E-state index in [2.05, 4.69) is 27.0 Å². The van der Waals surface area contributed by atoms with Gasteiger partial charge in [-0.05, 0) is 25.3 Å². The van der Waals surface area contributed by atoms with Gasteiger partial charge >= 0.3 is 0 Å². The molecule has 144 valence electrons. The Kier molecular flexibility index (Phi) is 5.33. The molecule has 2 aliphatic rings. The second-order valence-electron chi connectivity index (χ2n) is 7.10. The fraction of sp³-hybridized carbons (Fsp3) is 0.579. The number of nitrogens with zero attached hydrogens (tertiary/aromatic N) is 5. The first-order valence-electron chi connectivity index (χ1n) is 9.77. The molecule has 8 nitrogen and oxygen atoms in total. The number of aromatic amines is 1. The number of aromatic nitrogens is 4. The summed E-state index contributed by atoms with van der Waals surface area (Å²) in [6.07, 6.45) is 7.34. The number of carbonyl (C=O) groups excluding carboxylic acids is 1. The van der Waals surface area contributed by atoms with Crippen LogP contribution >= 0.6 is 0 Å². The van der Waals surface area contributed by atoms with Gasteiger partial charge in [-0.25, -0.2) is 9.97 Å². The molecule has 2 aromatic rings. The van der Waals surface area contributed by atoms with E-state index in [0.717, 1.165) is 43.3 Å². The predicted molar refractivity (Wildman–Crippen MR) is 101 cm³/mol. The van der Waals surface area contributed by atoms with Gasteiger partial charge in [0.15, 0.2) is 0 Å². The van der Waals surface area contributed by atoms with Crippen LogP contribution in [-0.2, 0) is 11.2 Å². The molecular weight excluding hydrogens is 344 g/mol. The Morgan fingerprint density at radius 1 is 1.33 bits per heavy atom. The summed E-state index contributed by atoms with van der Waals surface area (Å²) in [5.74, 6) is 0.770. The van der Waals surface area contributed by atoms with E-state index in [9.17, 15) is 4.79 Å². The fourth-order valence-corrected chi connectivity index (χ4v) is 3.73. The van der Waals surface area contributed by atoms with Crippen molar-refractivity contribution in [3.63, 3.8) is 0 Å². The quantitative estimate of drug-likeness (QED) is 0.866. The van der Waals surface area contributed by atoms with E-state index in [1.165, 1.54) is 12.8 Å². The van der Waals surface area contributed by atoms with Gasteiger partial charge in [-0.1, -0.05) is 13.3 Å². The highest BCUT2D eigenvalue weighted by Gasteiger charge is 2.29. The molecule has 1 amide bonds. The lowest BCUT2D eigenvalue weighted by atomic mass is 10.1. The zero-order valence-electron chi connectivity index (χ0n) is 15.7. The lowest BCUT2D eigenvalue weighted by Gasteiger charge is -2.33. The summed E-state index contributed by atoms with van der Waals surface area (Å²) in [6, 6.07) is 1.89. The van der Waals surface area contributed by atoms with Crippen LogP contribution in [0.25, 0.3) is 0 Å². The Morgan fingerprint density at radius 3 is 3.00 bits per heavy atom. The second-order valence-corrected chi connectivity index (χ2v) is 7.10. The van der Waals surface area contributed by atoms with Crippen molar-refractivity contribution in [2.45, 2.75) is 38.7 Å². The third-order valence-electron chi connectivity index (χ3n) is 5.19. The van der Waals surface area contributed by atoms with Crippen LogP contribution in [0.5, 0.6) is 0 Å². The van der Waals surface area contributed by atoms with Crippen molar-refractivity contribution < 1.29 is 9.53 Å². The highest BCUT2D eigenvalue weighted by Crippen LogP contribution is 2.24. The molecular formula is C19H26N6O2. The van der Waals surface area contributed by atoms with Crippen molar-refractivity contribution in [2.75, 3.05) is 37.7 Å². The number of rotatable bonds is 5. The van der Waals surface area contributed by atoms with E-state index in [-0.39, 0.29) is 12.0 Å². The molecule has 1 N–H and O–H groups in total. The molecule has 2 fully saturated rings. The minimum Gasteiger partial charge on any atom is -0.368 e. The van der Waals surface area contributed by atoms with Gasteiger partial charge in [0, 0.05) is 31.5 Å². The van der Waals surface area contributed by atoms with Crippen molar-refractivity contribution in [1.29, 1.82) is 0 Å². The molecule has 27 heavy (non-hydrogen) atoms.